The van der Waals surface area contributed by atoms with Crippen LogP contribution < -0.4 is 10.1 Å². The third kappa shape index (κ3) is 1.83. The maximum atomic E-state index is 5.20. The van der Waals surface area contributed by atoms with Crippen molar-refractivity contribution in [1.82, 2.24) is 15.1 Å². The highest BCUT2D eigenvalue weighted by molar-refractivity contribution is 5.24. The van der Waals surface area contributed by atoms with Crippen molar-refractivity contribution in [3.63, 3.8) is 0 Å². The molecule has 1 fully saturated rings. The average molecular weight is 181 g/mol. The van der Waals surface area contributed by atoms with Crippen molar-refractivity contribution < 1.29 is 4.74 Å². The lowest BCUT2D eigenvalue weighted by molar-refractivity contribution is 0.405. The minimum Gasteiger partial charge on any atom is -0.493 e. The predicted octanol–water partition coefficient (Wildman–Crippen LogP) is 0.681. The maximum Gasteiger partial charge on any atom is 0.161 e. The molecule has 1 aromatic rings. The third-order valence-corrected chi connectivity index (χ3v) is 2.38. The summed E-state index contributed by atoms with van der Waals surface area (Å²) in [6.07, 6.45) is 4.37. The fourth-order valence-electron chi connectivity index (χ4n) is 1.34. The minimum absolute atomic E-state index is 0.722. The number of ether oxygens (including phenoxy) is 1. The van der Waals surface area contributed by atoms with Crippen molar-refractivity contribution in [2.75, 3.05) is 7.11 Å². The molecule has 72 valence electrons. The van der Waals surface area contributed by atoms with Gasteiger partial charge in [0.25, 0.3) is 0 Å². The molecule has 13 heavy (non-hydrogen) atoms. The fourth-order valence-corrected chi connectivity index (χ4v) is 1.34. The van der Waals surface area contributed by atoms with Gasteiger partial charge in [0.05, 0.1) is 19.0 Å². The van der Waals surface area contributed by atoms with Crippen LogP contribution in [0.15, 0.2) is 6.20 Å². The minimum atomic E-state index is 0.722. The van der Waals surface area contributed by atoms with Crippen LogP contribution in [0.3, 0.4) is 0 Å². The lowest BCUT2D eigenvalue weighted by atomic mass is 10.4. The second-order valence-electron chi connectivity index (χ2n) is 3.44. The van der Waals surface area contributed by atoms with Gasteiger partial charge < -0.3 is 10.1 Å². The van der Waals surface area contributed by atoms with Gasteiger partial charge in [-0.2, -0.15) is 5.10 Å². The summed E-state index contributed by atoms with van der Waals surface area (Å²) < 4.78 is 7.05. The molecular weight excluding hydrogens is 166 g/mol. The summed E-state index contributed by atoms with van der Waals surface area (Å²) in [7, 11) is 3.62. The summed E-state index contributed by atoms with van der Waals surface area (Å²) in [6, 6.07) is 0.722. The number of rotatable bonds is 4. The normalized spacial score (nSPS) is 16.2. The quantitative estimate of drug-likeness (QED) is 0.742. The largest absolute Gasteiger partial charge is 0.493 e. The van der Waals surface area contributed by atoms with Crippen LogP contribution in [-0.4, -0.2) is 22.9 Å². The lowest BCUT2D eigenvalue weighted by Gasteiger charge is -2.05. The topological polar surface area (TPSA) is 39.1 Å². The van der Waals surface area contributed by atoms with E-state index >= 15 is 0 Å². The summed E-state index contributed by atoms with van der Waals surface area (Å²) in [5, 5.41) is 7.57. The molecule has 1 aliphatic carbocycles. The Morgan fingerprint density at radius 2 is 2.46 bits per heavy atom. The van der Waals surface area contributed by atoms with Crippen molar-refractivity contribution in [1.29, 1.82) is 0 Å². The molecule has 1 aliphatic rings. The highest BCUT2D eigenvalue weighted by atomic mass is 16.5. The van der Waals surface area contributed by atoms with E-state index < -0.39 is 0 Å². The average Bonchev–Trinajstić information content (AvgIpc) is 2.88. The van der Waals surface area contributed by atoms with Crippen LogP contribution in [0.5, 0.6) is 5.75 Å². The Balaban J connectivity index is 2.02. The first-order valence-electron chi connectivity index (χ1n) is 4.59. The zero-order valence-electron chi connectivity index (χ0n) is 8.08. The molecule has 1 saturated carbocycles. The highest BCUT2D eigenvalue weighted by Gasteiger charge is 2.21. The van der Waals surface area contributed by atoms with Gasteiger partial charge in [0.1, 0.15) is 0 Å². The number of aryl methyl sites for hydroxylation is 1. The second-order valence-corrected chi connectivity index (χ2v) is 3.44. The Morgan fingerprint density at radius 3 is 3.08 bits per heavy atom. The van der Waals surface area contributed by atoms with Gasteiger partial charge in [-0.15, -0.1) is 0 Å². The molecule has 1 aromatic heterocycles. The molecule has 0 unspecified atom stereocenters. The summed E-state index contributed by atoms with van der Waals surface area (Å²) in [5.74, 6) is 0.871. The zero-order chi connectivity index (χ0) is 9.26. The smallest absolute Gasteiger partial charge is 0.161 e. The van der Waals surface area contributed by atoms with Crippen LogP contribution in [0.4, 0.5) is 0 Å². The molecule has 0 radical (unpaired) electrons. The molecule has 4 nitrogen and oxygen atoms in total. The number of aromatic nitrogens is 2. The number of hydrogen-bond acceptors (Lipinski definition) is 3. The third-order valence-electron chi connectivity index (χ3n) is 2.38. The van der Waals surface area contributed by atoms with E-state index in [-0.39, 0.29) is 0 Å². The van der Waals surface area contributed by atoms with E-state index in [2.05, 4.69) is 10.4 Å². The molecule has 2 rings (SSSR count). The van der Waals surface area contributed by atoms with Gasteiger partial charge in [-0.3, -0.25) is 4.68 Å². The summed E-state index contributed by atoms with van der Waals surface area (Å²) >= 11 is 0. The van der Waals surface area contributed by atoms with Crippen LogP contribution in [0.1, 0.15) is 18.5 Å². The number of hydrogen-bond donors (Lipinski definition) is 1. The van der Waals surface area contributed by atoms with E-state index in [0.29, 0.717) is 0 Å². The number of nitrogens with one attached hydrogen (secondary N) is 1. The van der Waals surface area contributed by atoms with Crippen molar-refractivity contribution in [2.24, 2.45) is 7.05 Å². The molecular formula is C9H15N3O. The van der Waals surface area contributed by atoms with Crippen LogP contribution in [-0.2, 0) is 13.6 Å². The van der Waals surface area contributed by atoms with E-state index in [1.165, 1.54) is 12.8 Å². The lowest BCUT2D eigenvalue weighted by Crippen LogP contribution is -2.18. The fraction of sp³-hybridized carbons (Fsp3) is 0.667. The summed E-state index contributed by atoms with van der Waals surface area (Å²) in [4.78, 5) is 0. The first kappa shape index (κ1) is 8.56. The van der Waals surface area contributed by atoms with E-state index in [1.807, 2.05) is 11.7 Å². The van der Waals surface area contributed by atoms with Gasteiger partial charge in [0, 0.05) is 19.6 Å². The van der Waals surface area contributed by atoms with E-state index in [1.54, 1.807) is 13.3 Å². The van der Waals surface area contributed by atoms with Crippen LogP contribution in [0.25, 0.3) is 0 Å². The maximum absolute atomic E-state index is 5.20. The van der Waals surface area contributed by atoms with Crippen molar-refractivity contribution >= 4 is 0 Å². The first-order valence-corrected chi connectivity index (χ1v) is 4.59. The SMILES string of the molecule is COc1cnn(C)c1CNC1CC1. The van der Waals surface area contributed by atoms with Crippen molar-refractivity contribution in [2.45, 2.75) is 25.4 Å². The van der Waals surface area contributed by atoms with Crippen LogP contribution in [0, 0.1) is 0 Å². The van der Waals surface area contributed by atoms with E-state index in [9.17, 15) is 0 Å². The standard InChI is InChI=1S/C9H15N3O/c1-12-8(5-10-7-3-4-7)9(13-2)6-11-12/h6-7,10H,3-5H2,1-2H3. The Bertz CT molecular complexity index is 291. The molecule has 0 atom stereocenters. The van der Waals surface area contributed by atoms with Crippen molar-refractivity contribution in [3.05, 3.63) is 11.9 Å². The Hall–Kier alpha value is -1.03. The molecule has 4 heteroatoms. The summed E-state index contributed by atoms with van der Waals surface area (Å²) in [5.41, 5.74) is 1.12. The van der Waals surface area contributed by atoms with Gasteiger partial charge in [-0.05, 0) is 12.8 Å². The highest BCUT2D eigenvalue weighted by Crippen LogP contribution is 2.21. The summed E-state index contributed by atoms with van der Waals surface area (Å²) in [6.45, 7) is 0.852. The van der Waals surface area contributed by atoms with Crippen LogP contribution in [0.2, 0.25) is 0 Å². The molecule has 1 N–H and O–H groups in total. The molecule has 1 heterocycles. The molecule has 0 spiro atoms. The van der Waals surface area contributed by atoms with Gasteiger partial charge in [0.15, 0.2) is 5.75 Å². The monoisotopic (exact) mass is 181 g/mol. The Morgan fingerprint density at radius 1 is 1.69 bits per heavy atom. The van der Waals surface area contributed by atoms with Gasteiger partial charge >= 0.3 is 0 Å². The zero-order valence-corrected chi connectivity index (χ0v) is 8.08. The van der Waals surface area contributed by atoms with Gasteiger partial charge in [-0.25, -0.2) is 0 Å². The van der Waals surface area contributed by atoms with E-state index in [0.717, 1.165) is 24.0 Å². The first-order chi connectivity index (χ1) is 6.31. The number of methoxy groups -OCH3 is 1. The van der Waals surface area contributed by atoms with E-state index in [4.69, 9.17) is 4.74 Å². The Labute approximate surface area is 77.9 Å². The van der Waals surface area contributed by atoms with Crippen molar-refractivity contribution in [3.8, 4) is 5.75 Å². The molecule has 0 aliphatic heterocycles. The predicted molar refractivity (Wildman–Crippen MR) is 49.6 cm³/mol. The molecule has 0 bridgehead atoms. The van der Waals surface area contributed by atoms with Gasteiger partial charge in [0.2, 0.25) is 0 Å². The Kier molecular flexibility index (Phi) is 2.22. The molecule has 0 aromatic carbocycles. The molecule has 0 amide bonds. The second kappa shape index (κ2) is 3.38. The molecule has 0 saturated heterocycles. The number of nitrogens with zero attached hydrogens (tertiary/aromatic N) is 2. The van der Waals surface area contributed by atoms with Crippen LogP contribution >= 0.6 is 0 Å². The van der Waals surface area contributed by atoms with Gasteiger partial charge in [-0.1, -0.05) is 0 Å².